The minimum atomic E-state index is -0.0255. The zero-order valence-electron chi connectivity index (χ0n) is 11.9. The van der Waals surface area contributed by atoms with Crippen molar-refractivity contribution in [2.75, 3.05) is 31.1 Å². The van der Waals surface area contributed by atoms with Gasteiger partial charge in [-0.2, -0.15) is 10.2 Å². The molecule has 0 radical (unpaired) electrons. The highest BCUT2D eigenvalue weighted by Gasteiger charge is 2.20. The van der Waals surface area contributed by atoms with Crippen molar-refractivity contribution in [1.29, 1.82) is 5.26 Å². The SMILES string of the molecule is CC(c1cccc(C#N)c1)c1nc(N2CCNCC2)no1. The smallest absolute Gasteiger partial charge is 0.266 e. The van der Waals surface area contributed by atoms with Gasteiger partial charge in [-0.3, -0.25) is 0 Å². The Kier molecular flexibility index (Phi) is 3.84. The van der Waals surface area contributed by atoms with Gasteiger partial charge in [-0.1, -0.05) is 12.1 Å². The molecule has 1 fully saturated rings. The number of anilines is 1. The number of hydrogen-bond acceptors (Lipinski definition) is 6. The predicted molar refractivity (Wildman–Crippen MR) is 78.1 cm³/mol. The summed E-state index contributed by atoms with van der Waals surface area (Å²) in [4.78, 5) is 6.62. The molecule has 1 aromatic heterocycles. The summed E-state index contributed by atoms with van der Waals surface area (Å²) in [6.07, 6.45) is 0. The summed E-state index contributed by atoms with van der Waals surface area (Å²) >= 11 is 0. The first kappa shape index (κ1) is 13.6. The summed E-state index contributed by atoms with van der Waals surface area (Å²) in [5, 5.41) is 16.3. The van der Waals surface area contributed by atoms with Crippen molar-refractivity contribution >= 4 is 5.95 Å². The van der Waals surface area contributed by atoms with E-state index in [1.165, 1.54) is 0 Å². The number of piperazine rings is 1. The number of rotatable bonds is 3. The van der Waals surface area contributed by atoms with Crippen LogP contribution in [0.2, 0.25) is 0 Å². The zero-order valence-corrected chi connectivity index (χ0v) is 11.9. The van der Waals surface area contributed by atoms with E-state index in [1.54, 1.807) is 6.07 Å². The summed E-state index contributed by atoms with van der Waals surface area (Å²) < 4.78 is 5.40. The topological polar surface area (TPSA) is 78.0 Å². The predicted octanol–water partition coefficient (Wildman–Crippen LogP) is 1.50. The molecule has 21 heavy (non-hydrogen) atoms. The molecule has 1 N–H and O–H groups in total. The Bertz CT molecular complexity index is 654. The summed E-state index contributed by atoms with van der Waals surface area (Å²) in [7, 11) is 0. The summed E-state index contributed by atoms with van der Waals surface area (Å²) in [5.41, 5.74) is 1.64. The number of aromatic nitrogens is 2. The maximum atomic E-state index is 8.97. The molecule has 1 aromatic carbocycles. The first-order chi connectivity index (χ1) is 10.3. The fourth-order valence-electron chi connectivity index (χ4n) is 2.42. The van der Waals surface area contributed by atoms with E-state index in [1.807, 2.05) is 25.1 Å². The minimum Gasteiger partial charge on any atom is -0.337 e. The van der Waals surface area contributed by atoms with E-state index < -0.39 is 0 Å². The van der Waals surface area contributed by atoms with Gasteiger partial charge in [0.15, 0.2) is 0 Å². The number of nitrogens with zero attached hydrogens (tertiary/aromatic N) is 4. The van der Waals surface area contributed by atoms with Gasteiger partial charge >= 0.3 is 0 Å². The largest absolute Gasteiger partial charge is 0.337 e. The van der Waals surface area contributed by atoms with Gasteiger partial charge in [-0.15, -0.1) is 0 Å². The Hall–Kier alpha value is -2.39. The number of benzene rings is 1. The van der Waals surface area contributed by atoms with E-state index in [0.717, 1.165) is 31.7 Å². The van der Waals surface area contributed by atoms with E-state index in [0.29, 0.717) is 17.4 Å². The van der Waals surface area contributed by atoms with Crippen molar-refractivity contribution in [2.24, 2.45) is 0 Å². The zero-order chi connectivity index (χ0) is 14.7. The van der Waals surface area contributed by atoms with Gasteiger partial charge in [0.1, 0.15) is 0 Å². The van der Waals surface area contributed by atoms with Gasteiger partial charge in [0.05, 0.1) is 17.6 Å². The van der Waals surface area contributed by atoms with Crippen molar-refractivity contribution in [3.05, 3.63) is 41.3 Å². The molecule has 6 nitrogen and oxygen atoms in total. The second-order valence-electron chi connectivity index (χ2n) is 5.13. The molecular formula is C15H17N5O. The van der Waals surface area contributed by atoms with Gasteiger partial charge in [-0.05, 0) is 29.8 Å². The van der Waals surface area contributed by atoms with Crippen molar-refractivity contribution in [3.63, 3.8) is 0 Å². The van der Waals surface area contributed by atoms with E-state index >= 15 is 0 Å². The first-order valence-corrected chi connectivity index (χ1v) is 7.07. The van der Waals surface area contributed by atoms with Crippen LogP contribution in [0.4, 0.5) is 5.95 Å². The highest BCUT2D eigenvalue weighted by Crippen LogP contribution is 2.25. The van der Waals surface area contributed by atoms with Gasteiger partial charge < -0.3 is 14.7 Å². The minimum absolute atomic E-state index is 0.0255. The third-order valence-electron chi connectivity index (χ3n) is 3.72. The van der Waals surface area contributed by atoms with Crippen molar-refractivity contribution in [2.45, 2.75) is 12.8 Å². The summed E-state index contributed by atoms with van der Waals surface area (Å²) in [6.45, 7) is 5.65. The van der Waals surface area contributed by atoms with Gasteiger partial charge in [0, 0.05) is 26.2 Å². The molecule has 0 aliphatic carbocycles. The van der Waals surface area contributed by atoms with Crippen LogP contribution < -0.4 is 10.2 Å². The summed E-state index contributed by atoms with van der Waals surface area (Å²) in [5.74, 6) is 1.20. The van der Waals surface area contributed by atoms with Crippen LogP contribution in [0.25, 0.3) is 0 Å². The van der Waals surface area contributed by atoms with Crippen molar-refractivity contribution in [3.8, 4) is 6.07 Å². The van der Waals surface area contributed by atoms with Gasteiger partial charge in [-0.25, -0.2) is 0 Å². The van der Waals surface area contributed by atoms with Crippen LogP contribution >= 0.6 is 0 Å². The molecule has 0 amide bonds. The molecule has 1 saturated heterocycles. The van der Waals surface area contributed by atoms with E-state index in [2.05, 4.69) is 26.4 Å². The monoisotopic (exact) mass is 283 g/mol. The van der Waals surface area contributed by atoms with Crippen LogP contribution in [-0.4, -0.2) is 36.3 Å². The molecule has 1 atom stereocenters. The molecular weight excluding hydrogens is 266 g/mol. The first-order valence-electron chi connectivity index (χ1n) is 7.07. The molecule has 1 unspecified atom stereocenters. The Morgan fingerprint density at radius 1 is 1.38 bits per heavy atom. The molecule has 0 bridgehead atoms. The lowest BCUT2D eigenvalue weighted by Crippen LogP contribution is -2.44. The quantitative estimate of drug-likeness (QED) is 0.919. The molecule has 0 spiro atoms. The molecule has 2 aromatic rings. The van der Waals surface area contributed by atoms with Crippen LogP contribution in [0.3, 0.4) is 0 Å². The fourth-order valence-corrected chi connectivity index (χ4v) is 2.42. The second kappa shape index (κ2) is 5.94. The Balaban J connectivity index is 1.80. The van der Waals surface area contributed by atoms with Crippen LogP contribution in [0.5, 0.6) is 0 Å². The lowest BCUT2D eigenvalue weighted by atomic mass is 9.99. The van der Waals surface area contributed by atoms with E-state index in [4.69, 9.17) is 9.78 Å². The summed E-state index contributed by atoms with van der Waals surface area (Å²) in [6, 6.07) is 9.64. The van der Waals surface area contributed by atoms with Crippen LogP contribution in [0.1, 0.15) is 29.9 Å². The van der Waals surface area contributed by atoms with Crippen LogP contribution in [0.15, 0.2) is 28.8 Å². The molecule has 2 heterocycles. The molecule has 108 valence electrons. The Morgan fingerprint density at radius 3 is 2.95 bits per heavy atom. The Morgan fingerprint density at radius 2 is 2.19 bits per heavy atom. The number of nitrogens with one attached hydrogen (secondary N) is 1. The Labute approximate surface area is 123 Å². The number of nitriles is 1. The van der Waals surface area contributed by atoms with Crippen LogP contribution in [0, 0.1) is 11.3 Å². The molecule has 3 rings (SSSR count). The van der Waals surface area contributed by atoms with Crippen molar-refractivity contribution in [1.82, 2.24) is 15.5 Å². The second-order valence-corrected chi connectivity index (χ2v) is 5.13. The normalized spacial score (nSPS) is 16.5. The van der Waals surface area contributed by atoms with Gasteiger partial charge in [0.25, 0.3) is 5.95 Å². The molecule has 1 aliphatic rings. The molecule has 6 heteroatoms. The van der Waals surface area contributed by atoms with E-state index in [-0.39, 0.29) is 5.92 Å². The van der Waals surface area contributed by atoms with Gasteiger partial charge in [0.2, 0.25) is 5.89 Å². The fraction of sp³-hybridized carbons (Fsp3) is 0.400. The molecule has 1 aliphatic heterocycles. The van der Waals surface area contributed by atoms with E-state index in [9.17, 15) is 0 Å². The number of hydrogen-bond donors (Lipinski definition) is 1. The average Bonchev–Trinajstić information content (AvgIpc) is 3.05. The maximum Gasteiger partial charge on any atom is 0.266 e. The third-order valence-corrected chi connectivity index (χ3v) is 3.72. The third kappa shape index (κ3) is 2.88. The lowest BCUT2D eigenvalue weighted by Gasteiger charge is -2.25. The standard InChI is InChI=1S/C15H17N5O/c1-11(13-4-2-3-12(9-13)10-16)14-18-15(19-21-14)20-7-5-17-6-8-20/h2-4,9,11,17H,5-8H2,1H3. The highest BCUT2D eigenvalue weighted by atomic mass is 16.5. The van der Waals surface area contributed by atoms with Crippen LogP contribution in [-0.2, 0) is 0 Å². The average molecular weight is 283 g/mol. The van der Waals surface area contributed by atoms with Crippen molar-refractivity contribution < 1.29 is 4.52 Å². The lowest BCUT2D eigenvalue weighted by molar-refractivity contribution is 0.368. The highest BCUT2D eigenvalue weighted by molar-refractivity contribution is 5.37. The maximum absolute atomic E-state index is 8.97. The molecule has 0 saturated carbocycles.